The second kappa shape index (κ2) is 6.81. The van der Waals surface area contributed by atoms with Crippen molar-refractivity contribution in [3.8, 4) is 10.6 Å². The fourth-order valence-corrected chi connectivity index (χ4v) is 4.86. The van der Waals surface area contributed by atoms with Gasteiger partial charge in [-0.3, -0.25) is 4.79 Å². The van der Waals surface area contributed by atoms with Crippen LogP contribution in [0.5, 0.6) is 0 Å². The predicted molar refractivity (Wildman–Crippen MR) is 92.5 cm³/mol. The normalized spacial score (nSPS) is 15.2. The van der Waals surface area contributed by atoms with Crippen molar-refractivity contribution in [1.29, 1.82) is 0 Å². The second-order valence-electron chi connectivity index (χ2n) is 4.79. The van der Waals surface area contributed by atoms with Crippen molar-refractivity contribution in [2.75, 3.05) is 29.5 Å². The van der Waals surface area contributed by atoms with E-state index in [0.29, 0.717) is 6.54 Å². The molecule has 2 aromatic rings. The van der Waals surface area contributed by atoms with Gasteiger partial charge in [0, 0.05) is 41.8 Å². The molecule has 1 saturated heterocycles. The van der Waals surface area contributed by atoms with Crippen LogP contribution in [0.3, 0.4) is 0 Å². The molecule has 0 aliphatic carbocycles. The summed E-state index contributed by atoms with van der Waals surface area (Å²) in [5.74, 6) is 2.38. The largest absolute Gasteiger partial charge is 0.351 e. The van der Waals surface area contributed by atoms with Crippen LogP contribution in [0.1, 0.15) is 11.8 Å². The summed E-state index contributed by atoms with van der Waals surface area (Å²) in [5, 5.41) is 6.08. The Morgan fingerprint density at radius 1 is 1.38 bits per heavy atom. The van der Waals surface area contributed by atoms with E-state index in [4.69, 9.17) is 4.98 Å². The Hall–Kier alpha value is -1.05. The molecular weight excluding hydrogens is 322 g/mol. The lowest BCUT2D eigenvalue weighted by Gasteiger charge is -2.25. The van der Waals surface area contributed by atoms with Gasteiger partial charge in [-0.2, -0.15) is 11.8 Å². The van der Waals surface area contributed by atoms with Crippen molar-refractivity contribution in [3.63, 3.8) is 0 Å². The number of thiophene rings is 1. The number of rotatable bonds is 4. The molecule has 1 amide bonds. The zero-order valence-electron chi connectivity index (χ0n) is 11.8. The van der Waals surface area contributed by atoms with E-state index in [1.165, 1.54) is 23.3 Å². The van der Waals surface area contributed by atoms with Crippen molar-refractivity contribution in [3.05, 3.63) is 22.4 Å². The van der Waals surface area contributed by atoms with Crippen LogP contribution in [0.4, 0.5) is 5.13 Å². The number of thioether (sulfide) groups is 1. The molecule has 0 radical (unpaired) electrons. The number of carbonyl (C=O) groups excluding carboxylic acids is 1. The maximum atomic E-state index is 10.9. The van der Waals surface area contributed by atoms with Gasteiger partial charge in [0.15, 0.2) is 5.13 Å². The smallest absolute Gasteiger partial charge is 0.217 e. The molecule has 1 aliphatic rings. The van der Waals surface area contributed by atoms with E-state index in [2.05, 4.69) is 27.7 Å². The van der Waals surface area contributed by atoms with E-state index in [1.807, 2.05) is 11.8 Å². The number of aromatic nitrogens is 1. The number of hydrogen-bond donors (Lipinski definition) is 1. The van der Waals surface area contributed by atoms with Gasteiger partial charge in [-0.1, -0.05) is 0 Å². The molecule has 3 heterocycles. The van der Waals surface area contributed by atoms with E-state index in [1.54, 1.807) is 22.7 Å². The Morgan fingerprint density at radius 3 is 2.95 bits per heavy atom. The van der Waals surface area contributed by atoms with E-state index >= 15 is 0 Å². The molecule has 1 aliphatic heterocycles. The fourth-order valence-electron chi connectivity index (χ4n) is 2.10. The van der Waals surface area contributed by atoms with Crippen LogP contribution in [0, 0.1) is 0 Å². The topological polar surface area (TPSA) is 45.2 Å². The van der Waals surface area contributed by atoms with Crippen LogP contribution >= 0.6 is 34.4 Å². The van der Waals surface area contributed by atoms with Crippen LogP contribution < -0.4 is 10.2 Å². The highest BCUT2D eigenvalue weighted by Gasteiger charge is 2.15. The van der Waals surface area contributed by atoms with Crippen LogP contribution in [-0.4, -0.2) is 35.5 Å². The summed E-state index contributed by atoms with van der Waals surface area (Å²) in [7, 11) is 0. The number of thiazole rings is 1. The summed E-state index contributed by atoms with van der Waals surface area (Å²) in [6, 6.07) is 4.15. The zero-order valence-corrected chi connectivity index (χ0v) is 14.2. The van der Waals surface area contributed by atoms with Crippen LogP contribution in [0.2, 0.25) is 0 Å². The van der Waals surface area contributed by atoms with Gasteiger partial charge >= 0.3 is 0 Å². The summed E-state index contributed by atoms with van der Waals surface area (Å²) in [4.78, 5) is 20.4. The van der Waals surface area contributed by atoms with Gasteiger partial charge < -0.3 is 10.2 Å². The van der Waals surface area contributed by atoms with Crippen molar-refractivity contribution in [1.82, 2.24) is 10.3 Å². The van der Waals surface area contributed by atoms with E-state index in [0.717, 1.165) is 28.8 Å². The minimum absolute atomic E-state index is 0.00358. The number of hydrogen-bond acceptors (Lipinski definition) is 6. The van der Waals surface area contributed by atoms with Gasteiger partial charge in [-0.05, 0) is 12.1 Å². The summed E-state index contributed by atoms with van der Waals surface area (Å²) in [6.07, 6.45) is 0. The van der Waals surface area contributed by atoms with Crippen molar-refractivity contribution in [2.45, 2.75) is 13.5 Å². The third-order valence-corrected chi connectivity index (χ3v) is 6.15. The van der Waals surface area contributed by atoms with E-state index < -0.39 is 0 Å². The number of nitrogens with one attached hydrogen (secondary N) is 1. The number of anilines is 1. The Kier molecular flexibility index (Phi) is 4.82. The number of carbonyl (C=O) groups is 1. The molecule has 0 atom stereocenters. The monoisotopic (exact) mass is 339 g/mol. The number of amides is 1. The third kappa shape index (κ3) is 3.78. The molecule has 3 rings (SSSR count). The average Bonchev–Trinajstić information content (AvgIpc) is 3.15. The van der Waals surface area contributed by atoms with Gasteiger partial charge in [0.1, 0.15) is 0 Å². The van der Waals surface area contributed by atoms with Crippen molar-refractivity contribution in [2.24, 2.45) is 0 Å². The zero-order chi connectivity index (χ0) is 14.7. The highest BCUT2D eigenvalue weighted by molar-refractivity contribution is 7.99. The van der Waals surface area contributed by atoms with E-state index in [-0.39, 0.29) is 5.91 Å². The standard InChI is InChI=1S/C14H17N3OS3/c1-10(18)15-8-11-2-3-13(21-11)12-9-20-14(16-12)17-4-6-19-7-5-17/h2-3,9H,4-8H2,1H3,(H,15,18). The lowest BCUT2D eigenvalue weighted by molar-refractivity contribution is -0.119. The second-order valence-corrected chi connectivity index (χ2v) is 8.02. The van der Waals surface area contributed by atoms with Gasteiger partial charge in [0.25, 0.3) is 0 Å². The molecule has 1 N–H and O–H groups in total. The lowest BCUT2D eigenvalue weighted by Crippen LogP contribution is -2.32. The average molecular weight is 340 g/mol. The maximum absolute atomic E-state index is 10.9. The molecular formula is C14H17N3OS3. The highest BCUT2D eigenvalue weighted by Crippen LogP contribution is 2.32. The first-order valence-electron chi connectivity index (χ1n) is 6.84. The summed E-state index contributed by atoms with van der Waals surface area (Å²) in [6.45, 7) is 4.32. The molecule has 21 heavy (non-hydrogen) atoms. The molecule has 112 valence electrons. The van der Waals surface area contributed by atoms with Gasteiger partial charge in [-0.15, -0.1) is 22.7 Å². The highest BCUT2D eigenvalue weighted by atomic mass is 32.2. The summed E-state index contributed by atoms with van der Waals surface area (Å²) in [5.41, 5.74) is 1.05. The maximum Gasteiger partial charge on any atom is 0.217 e. The molecule has 0 bridgehead atoms. The molecule has 7 heteroatoms. The third-order valence-electron chi connectivity index (χ3n) is 3.20. The minimum atomic E-state index is 0.00358. The van der Waals surface area contributed by atoms with Crippen molar-refractivity contribution < 1.29 is 4.79 Å². The molecule has 0 unspecified atom stereocenters. The van der Waals surface area contributed by atoms with Crippen LogP contribution in [0.15, 0.2) is 17.5 Å². The number of nitrogens with zero attached hydrogens (tertiary/aromatic N) is 2. The fraction of sp³-hybridized carbons (Fsp3) is 0.429. The molecule has 2 aromatic heterocycles. The first kappa shape index (κ1) is 14.9. The first-order chi connectivity index (χ1) is 10.2. The Bertz CT molecular complexity index is 617. The Morgan fingerprint density at radius 2 is 2.19 bits per heavy atom. The molecule has 0 saturated carbocycles. The Balaban J connectivity index is 1.69. The minimum Gasteiger partial charge on any atom is -0.351 e. The predicted octanol–water partition coefficient (Wildman–Crippen LogP) is 3.06. The van der Waals surface area contributed by atoms with Gasteiger partial charge in [0.05, 0.1) is 17.1 Å². The molecule has 0 spiro atoms. The van der Waals surface area contributed by atoms with Gasteiger partial charge in [0.2, 0.25) is 5.91 Å². The first-order valence-corrected chi connectivity index (χ1v) is 9.69. The van der Waals surface area contributed by atoms with Gasteiger partial charge in [-0.25, -0.2) is 4.98 Å². The quantitative estimate of drug-likeness (QED) is 0.930. The van der Waals surface area contributed by atoms with E-state index in [9.17, 15) is 4.79 Å². The Labute approximate surface area is 136 Å². The van der Waals surface area contributed by atoms with Crippen molar-refractivity contribution >= 4 is 45.5 Å². The lowest BCUT2D eigenvalue weighted by atomic mass is 10.3. The molecule has 0 aromatic carbocycles. The van der Waals surface area contributed by atoms with Crippen LogP contribution in [-0.2, 0) is 11.3 Å². The van der Waals surface area contributed by atoms with Crippen LogP contribution in [0.25, 0.3) is 10.6 Å². The summed E-state index contributed by atoms with van der Waals surface area (Å²) >= 11 is 5.43. The molecule has 4 nitrogen and oxygen atoms in total. The SMILES string of the molecule is CC(=O)NCc1ccc(-c2csc(N3CCSCC3)n2)s1. The summed E-state index contributed by atoms with van der Waals surface area (Å²) < 4.78 is 0. The molecule has 1 fully saturated rings.